The zero-order chi connectivity index (χ0) is 20.8. The van der Waals surface area contributed by atoms with Gasteiger partial charge in [-0.1, -0.05) is 13.0 Å². The summed E-state index contributed by atoms with van der Waals surface area (Å²) in [6.45, 7) is 2.47. The zero-order valence-electron chi connectivity index (χ0n) is 16.0. The van der Waals surface area contributed by atoms with Crippen LogP contribution in [0.3, 0.4) is 0 Å². The molecule has 0 aromatic carbocycles. The fourth-order valence-electron chi connectivity index (χ4n) is 4.11. The number of fused-ring (bicyclic) bond motifs is 1. The molecular weight excluding hydrogens is 430 g/mol. The van der Waals surface area contributed by atoms with Gasteiger partial charge in [-0.3, -0.25) is 9.59 Å². The van der Waals surface area contributed by atoms with E-state index in [2.05, 4.69) is 12.2 Å². The average molecular weight is 454 g/mol. The minimum Gasteiger partial charge on any atom is -0.365 e. The number of nitrogens with zero attached hydrogens (tertiary/aromatic N) is 1. The highest BCUT2D eigenvalue weighted by Crippen LogP contribution is 2.40. The Morgan fingerprint density at radius 2 is 2.10 bits per heavy atom. The molecule has 156 valence electrons. The third-order valence-corrected chi connectivity index (χ3v) is 10.0. The molecule has 2 aliphatic rings. The van der Waals surface area contributed by atoms with E-state index in [1.165, 1.54) is 15.6 Å². The quantitative estimate of drug-likeness (QED) is 0.725. The molecule has 0 unspecified atom stereocenters. The summed E-state index contributed by atoms with van der Waals surface area (Å²) < 4.78 is 27.3. The molecule has 4 rings (SSSR count). The van der Waals surface area contributed by atoms with Gasteiger partial charge in [0.25, 0.3) is 15.9 Å². The number of anilines is 1. The van der Waals surface area contributed by atoms with Crippen LogP contribution in [0.15, 0.2) is 21.7 Å². The number of carbonyl (C=O) groups is 2. The van der Waals surface area contributed by atoms with Crippen molar-refractivity contribution in [1.82, 2.24) is 4.31 Å². The molecule has 7 nitrogen and oxygen atoms in total. The molecule has 0 radical (unpaired) electrons. The van der Waals surface area contributed by atoms with Gasteiger partial charge in [-0.25, -0.2) is 8.42 Å². The van der Waals surface area contributed by atoms with Crippen LogP contribution in [0.5, 0.6) is 0 Å². The molecular formula is C19H23N3O4S3. The van der Waals surface area contributed by atoms with Crippen molar-refractivity contribution >= 4 is 49.5 Å². The number of hydrogen-bond donors (Lipinski definition) is 2. The molecule has 2 atom stereocenters. The number of nitrogens with one attached hydrogen (secondary N) is 1. The Hall–Kier alpha value is -1.75. The number of sulfonamides is 1. The van der Waals surface area contributed by atoms with Crippen LogP contribution in [0.4, 0.5) is 5.00 Å². The second-order valence-electron chi connectivity index (χ2n) is 7.62. The van der Waals surface area contributed by atoms with Crippen molar-refractivity contribution in [2.45, 2.75) is 49.3 Å². The summed E-state index contributed by atoms with van der Waals surface area (Å²) in [5.74, 6) is -0.440. The van der Waals surface area contributed by atoms with Gasteiger partial charge < -0.3 is 11.1 Å². The molecule has 10 heteroatoms. The molecule has 1 fully saturated rings. The molecule has 2 amide bonds. The maximum atomic E-state index is 13.0. The number of nitrogens with two attached hydrogens (primary N) is 1. The van der Waals surface area contributed by atoms with Crippen molar-refractivity contribution in [3.63, 3.8) is 0 Å². The third kappa shape index (κ3) is 3.74. The topological polar surface area (TPSA) is 110 Å². The molecule has 0 bridgehead atoms. The second-order valence-corrected chi connectivity index (χ2v) is 11.8. The van der Waals surface area contributed by atoms with E-state index < -0.39 is 27.9 Å². The minimum atomic E-state index is -3.72. The maximum absolute atomic E-state index is 13.0. The minimum absolute atomic E-state index is 0.232. The third-order valence-electron chi connectivity index (χ3n) is 5.56. The van der Waals surface area contributed by atoms with Crippen molar-refractivity contribution in [2.24, 2.45) is 11.7 Å². The van der Waals surface area contributed by atoms with Crippen LogP contribution in [-0.2, 0) is 27.7 Å². The van der Waals surface area contributed by atoms with E-state index in [9.17, 15) is 18.0 Å². The van der Waals surface area contributed by atoms with Gasteiger partial charge in [0.05, 0.1) is 5.56 Å². The van der Waals surface area contributed by atoms with Crippen molar-refractivity contribution < 1.29 is 18.0 Å². The van der Waals surface area contributed by atoms with Gasteiger partial charge in [0.2, 0.25) is 5.91 Å². The Kier molecular flexibility index (Phi) is 5.54. The Morgan fingerprint density at radius 3 is 2.79 bits per heavy atom. The van der Waals surface area contributed by atoms with Gasteiger partial charge in [-0.15, -0.1) is 22.7 Å². The molecule has 2 aromatic heterocycles. The number of hydrogen-bond acceptors (Lipinski definition) is 6. The van der Waals surface area contributed by atoms with Crippen molar-refractivity contribution in [3.8, 4) is 0 Å². The Balaban J connectivity index is 1.60. The lowest BCUT2D eigenvalue weighted by Crippen LogP contribution is -2.43. The highest BCUT2D eigenvalue weighted by molar-refractivity contribution is 7.91. The van der Waals surface area contributed by atoms with E-state index in [-0.39, 0.29) is 4.21 Å². The average Bonchev–Trinajstić information content (AvgIpc) is 3.40. The Bertz CT molecular complexity index is 1040. The van der Waals surface area contributed by atoms with Crippen LogP contribution < -0.4 is 11.1 Å². The van der Waals surface area contributed by atoms with E-state index in [1.807, 2.05) is 0 Å². The van der Waals surface area contributed by atoms with Crippen LogP contribution in [0.25, 0.3) is 0 Å². The lowest BCUT2D eigenvalue weighted by atomic mass is 9.88. The highest BCUT2D eigenvalue weighted by atomic mass is 32.2. The Labute approximate surface area is 178 Å². The normalized spacial score (nSPS) is 22.4. The van der Waals surface area contributed by atoms with Crippen LogP contribution >= 0.6 is 22.7 Å². The molecule has 3 heterocycles. The van der Waals surface area contributed by atoms with E-state index in [0.29, 0.717) is 35.9 Å². The molecule has 3 N–H and O–H groups in total. The molecule has 1 saturated heterocycles. The summed E-state index contributed by atoms with van der Waals surface area (Å²) in [4.78, 5) is 26.2. The summed E-state index contributed by atoms with van der Waals surface area (Å²) in [5, 5.41) is 4.98. The lowest BCUT2D eigenvalue weighted by Gasteiger charge is -2.22. The number of thiophene rings is 2. The van der Waals surface area contributed by atoms with Gasteiger partial charge in [-0.2, -0.15) is 4.31 Å². The first kappa shape index (κ1) is 20.5. The zero-order valence-corrected chi connectivity index (χ0v) is 18.5. The lowest BCUT2D eigenvalue weighted by molar-refractivity contribution is -0.119. The Morgan fingerprint density at radius 1 is 1.31 bits per heavy atom. The van der Waals surface area contributed by atoms with E-state index in [1.54, 1.807) is 17.5 Å². The maximum Gasteiger partial charge on any atom is 0.253 e. The molecule has 0 spiro atoms. The molecule has 2 aromatic rings. The van der Waals surface area contributed by atoms with E-state index in [4.69, 9.17) is 5.73 Å². The first-order valence-corrected chi connectivity index (χ1v) is 12.7. The van der Waals surface area contributed by atoms with Gasteiger partial charge in [-0.05, 0) is 55.0 Å². The number of primary amides is 1. The summed E-state index contributed by atoms with van der Waals surface area (Å²) in [7, 11) is -3.72. The fourth-order valence-corrected chi connectivity index (χ4v) is 8.31. The van der Waals surface area contributed by atoms with Gasteiger partial charge in [0, 0.05) is 11.4 Å². The van der Waals surface area contributed by atoms with Crippen LogP contribution in [0, 0.1) is 5.92 Å². The highest BCUT2D eigenvalue weighted by Gasteiger charge is 2.40. The largest absolute Gasteiger partial charge is 0.365 e. The summed E-state index contributed by atoms with van der Waals surface area (Å²) >= 11 is 2.53. The molecule has 29 heavy (non-hydrogen) atoms. The number of carbonyl (C=O) groups excluding carboxylic acids is 2. The van der Waals surface area contributed by atoms with Gasteiger partial charge >= 0.3 is 0 Å². The molecule has 1 aliphatic heterocycles. The second kappa shape index (κ2) is 7.82. The van der Waals surface area contributed by atoms with Crippen molar-refractivity contribution in [1.29, 1.82) is 0 Å². The van der Waals surface area contributed by atoms with Gasteiger partial charge in [0.1, 0.15) is 15.3 Å². The van der Waals surface area contributed by atoms with Crippen LogP contribution in [-0.4, -0.2) is 37.1 Å². The van der Waals surface area contributed by atoms with Crippen molar-refractivity contribution in [2.75, 3.05) is 11.9 Å². The van der Waals surface area contributed by atoms with E-state index >= 15 is 0 Å². The van der Waals surface area contributed by atoms with E-state index in [0.717, 1.165) is 41.0 Å². The smallest absolute Gasteiger partial charge is 0.253 e. The summed E-state index contributed by atoms with van der Waals surface area (Å²) in [6.07, 6.45) is 3.67. The first-order chi connectivity index (χ1) is 13.8. The SMILES string of the molecule is C[C@@H]1CCc2c(sc(NC(=O)[C@H]3CCCN3S(=O)(=O)c3cccs3)c2C(N)=O)C1. The van der Waals surface area contributed by atoms with Crippen LogP contribution in [0.2, 0.25) is 0 Å². The molecule has 1 aliphatic carbocycles. The van der Waals surface area contributed by atoms with Crippen molar-refractivity contribution in [3.05, 3.63) is 33.5 Å². The molecule has 0 saturated carbocycles. The summed E-state index contributed by atoms with van der Waals surface area (Å²) in [6, 6.07) is 2.44. The predicted molar refractivity (Wildman–Crippen MR) is 114 cm³/mol. The predicted octanol–water partition coefficient (Wildman–Crippen LogP) is 2.83. The monoisotopic (exact) mass is 453 g/mol. The number of rotatable bonds is 5. The van der Waals surface area contributed by atoms with Crippen LogP contribution in [0.1, 0.15) is 47.0 Å². The summed E-state index contributed by atoms with van der Waals surface area (Å²) in [5.41, 5.74) is 6.94. The number of amides is 2. The fraction of sp³-hybridized carbons (Fsp3) is 0.474. The standard InChI is InChI=1S/C19H23N3O4S3/c1-11-6-7-12-14(10-11)28-19(16(12)17(20)23)21-18(24)13-4-2-8-22(13)29(25,26)15-5-3-9-27-15/h3,5,9,11,13H,2,4,6-8,10H2,1H3,(H2,20,23)(H,21,24)/t11-,13-/m1/s1. The first-order valence-electron chi connectivity index (χ1n) is 9.59. The van der Waals surface area contributed by atoms with Gasteiger partial charge in [0.15, 0.2) is 0 Å².